The molecule has 0 aromatic heterocycles. The van der Waals surface area contributed by atoms with Gasteiger partial charge in [-0.2, -0.15) is 8.42 Å². The number of hydrogen-bond donors (Lipinski definition) is 5. The third-order valence-corrected chi connectivity index (χ3v) is 2.98. The van der Waals surface area contributed by atoms with Crippen LogP contribution in [-0.4, -0.2) is 41.4 Å². The maximum atomic E-state index is 11.2. The monoisotopic (exact) mass is 283 g/mol. The fourth-order valence-electron chi connectivity index (χ4n) is 0.902. The number of hydrogen-bond acceptors (Lipinski definition) is 6. The molecule has 0 aromatic rings. The molecule has 0 heterocycles. The first kappa shape index (κ1) is 16.8. The Bertz CT molecular complexity index is 421. The van der Waals surface area contributed by atoms with E-state index < -0.39 is 45.7 Å². The van der Waals surface area contributed by atoms with E-state index in [1.165, 1.54) is 13.8 Å². The van der Waals surface area contributed by atoms with Crippen LogP contribution in [0.5, 0.6) is 0 Å². The van der Waals surface area contributed by atoms with Crippen LogP contribution in [0.15, 0.2) is 0 Å². The Balaban J connectivity index is 4.39. The van der Waals surface area contributed by atoms with Crippen molar-refractivity contribution in [2.45, 2.75) is 25.9 Å². The molecule has 1 unspecified atom stereocenters. The van der Waals surface area contributed by atoms with Gasteiger partial charge in [-0.15, -0.1) is 0 Å². The molecule has 1 atom stereocenters. The zero-order chi connectivity index (χ0) is 14.6. The molecule has 0 saturated carbocycles. The van der Waals surface area contributed by atoms with Gasteiger partial charge in [0.15, 0.2) is 5.66 Å². The molecule has 0 fully saturated rings. The molecule has 0 aliphatic rings. The topological polar surface area (TPSA) is 159 Å². The zero-order valence-electron chi connectivity index (χ0n) is 10.0. The van der Waals surface area contributed by atoms with Gasteiger partial charge in [0.1, 0.15) is 0 Å². The summed E-state index contributed by atoms with van der Waals surface area (Å²) in [5.74, 6) is -3.46. The van der Waals surface area contributed by atoms with E-state index >= 15 is 0 Å². The second kappa shape index (κ2) is 6.09. The summed E-state index contributed by atoms with van der Waals surface area (Å²) in [6.07, 6.45) is -0.514. The van der Waals surface area contributed by atoms with Crippen molar-refractivity contribution in [3.63, 3.8) is 0 Å². The fourth-order valence-corrected chi connectivity index (χ4v) is 1.35. The molecule has 106 valence electrons. The highest BCUT2D eigenvalue weighted by Gasteiger charge is 2.37. The molecule has 18 heavy (non-hydrogen) atoms. The van der Waals surface area contributed by atoms with Crippen molar-refractivity contribution in [2.24, 2.45) is 11.7 Å². The van der Waals surface area contributed by atoms with Gasteiger partial charge < -0.3 is 10.8 Å². The second-order valence-corrected chi connectivity index (χ2v) is 5.61. The van der Waals surface area contributed by atoms with Crippen LogP contribution in [-0.2, 0) is 19.7 Å². The number of carbonyl (C=O) groups is 2. The number of carbonyl (C=O) groups excluding carboxylic acids is 1. The number of nitrogens with two attached hydrogens (primary N) is 1. The predicted octanol–water partition coefficient (Wildman–Crippen LogP) is -1.72. The molecule has 0 aromatic carbocycles. The van der Waals surface area contributed by atoms with Gasteiger partial charge in [0, 0.05) is 6.42 Å². The summed E-state index contributed by atoms with van der Waals surface area (Å²) in [6, 6.07) is 0. The van der Waals surface area contributed by atoms with Crippen molar-refractivity contribution in [2.75, 3.05) is 5.75 Å². The van der Waals surface area contributed by atoms with E-state index in [0.717, 1.165) is 0 Å². The SMILES string of the molecule is CC(C)C(N)(NNC(=O)CCS(=O)(=O)O)C(=O)O. The number of carboxylic acid groups (broad SMARTS) is 1. The smallest absolute Gasteiger partial charge is 0.340 e. The van der Waals surface area contributed by atoms with Crippen molar-refractivity contribution >= 4 is 22.0 Å². The first-order chi connectivity index (χ1) is 7.99. The van der Waals surface area contributed by atoms with Crippen molar-refractivity contribution in [3.05, 3.63) is 0 Å². The van der Waals surface area contributed by atoms with Crippen LogP contribution in [0.25, 0.3) is 0 Å². The Morgan fingerprint density at radius 2 is 1.89 bits per heavy atom. The van der Waals surface area contributed by atoms with Gasteiger partial charge in [-0.05, 0) is 5.92 Å². The molecule has 0 aliphatic carbocycles. The molecular weight excluding hydrogens is 266 g/mol. The van der Waals surface area contributed by atoms with Crippen LogP contribution >= 0.6 is 0 Å². The molecular formula is C8H17N3O6S. The minimum absolute atomic E-state index is 0.514. The summed E-state index contributed by atoms with van der Waals surface area (Å²) in [5.41, 5.74) is 7.78. The third kappa shape index (κ3) is 5.40. The lowest BCUT2D eigenvalue weighted by molar-refractivity contribution is -0.147. The minimum Gasteiger partial charge on any atom is -0.479 e. The number of amides is 1. The predicted molar refractivity (Wildman–Crippen MR) is 61.7 cm³/mol. The Labute approximate surface area is 104 Å². The van der Waals surface area contributed by atoms with E-state index in [2.05, 4.69) is 5.43 Å². The quantitative estimate of drug-likeness (QED) is 0.209. The summed E-state index contributed by atoms with van der Waals surface area (Å²) in [4.78, 5) is 22.1. The molecule has 1 amide bonds. The van der Waals surface area contributed by atoms with Crippen molar-refractivity contribution in [3.8, 4) is 0 Å². The van der Waals surface area contributed by atoms with Crippen LogP contribution in [0.1, 0.15) is 20.3 Å². The molecule has 0 bridgehead atoms. The largest absolute Gasteiger partial charge is 0.479 e. The molecule has 0 aliphatic heterocycles. The highest BCUT2D eigenvalue weighted by molar-refractivity contribution is 7.85. The number of nitrogens with one attached hydrogen (secondary N) is 2. The van der Waals surface area contributed by atoms with Crippen LogP contribution in [0.2, 0.25) is 0 Å². The second-order valence-electron chi connectivity index (χ2n) is 4.04. The molecule has 0 saturated heterocycles. The van der Waals surface area contributed by atoms with Gasteiger partial charge in [-0.25, -0.2) is 10.2 Å². The Hall–Kier alpha value is -1.23. The maximum absolute atomic E-state index is 11.2. The normalized spacial score (nSPS) is 15.2. The first-order valence-corrected chi connectivity index (χ1v) is 6.63. The van der Waals surface area contributed by atoms with Crippen LogP contribution in [0, 0.1) is 5.92 Å². The van der Waals surface area contributed by atoms with Crippen molar-refractivity contribution < 1.29 is 27.7 Å². The lowest BCUT2D eigenvalue weighted by atomic mass is 9.98. The molecule has 6 N–H and O–H groups in total. The summed E-state index contributed by atoms with van der Waals surface area (Å²) in [5, 5.41) is 8.90. The van der Waals surface area contributed by atoms with Gasteiger partial charge in [0.05, 0.1) is 5.75 Å². The molecule has 10 heteroatoms. The lowest BCUT2D eigenvalue weighted by Gasteiger charge is -2.29. The highest BCUT2D eigenvalue weighted by Crippen LogP contribution is 2.09. The minimum atomic E-state index is -4.24. The first-order valence-electron chi connectivity index (χ1n) is 5.02. The van der Waals surface area contributed by atoms with Gasteiger partial charge in [-0.3, -0.25) is 14.8 Å². The van der Waals surface area contributed by atoms with Crippen molar-refractivity contribution in [1.82, 2.24) is 10.9 Å². The average molecular weight is 283 g/mol. The fraction of sp³-hybridized carbons (Fsp3) is 0.750. The molecule has 0 radical (unpaired) electrons. The van der Waals surface area contributed by atoms with Crippen LogP contribution in [0.3, 0.4) is 0 Å². The lowest BCUT2D eigenvalue weighted by Crippen LogP contribution is -2.68. The number of carboxylic acids is 1. The molecule has 0 rings (SSSR count). The summed E-state index contributed by atoms with van der Waals surface area (Å²) < 4.78 is 29.2. The van der Waals surface area contributed by atoms with Gasteiger partial charge in [0.25, 0.3) is 10.1 Å². The van der Waals surface area contributed by atoms with E-state index in [0.29, 0.717) is 0 Å². The van der Waals surface area contributed by atoms with E-state index in [9.17, 15) is 18.0 Å². The van der Waals surface area contributed by atoms with Crippen LogP contribution in [0.4, 0.5) is 0 Å². The molecule has 0 spiro atoms. The van der Waals surface area contributed by atoms with Gasteiger partial charge in [-0.1, -0.05) is 13.8 Å². The van der Waals surface area contributed by atoms with E-state index in [4.69, 9.17) is 15.4 Å². The Morgan fingerprint density at radius 3 is 2.22 bits per heavy atom. The van der Waals surface area contributed by atoms with E-state index in [1.54, 1.807) is 0 Å². The average Bonchev–Trinajstić information content (AvgIpc) is 2.21. The van der Waals surface area contributed by atoms with Gasteiger partial charge >= 0.3 is 5.97 Å². The Morgan fingerprint density at radius 1 is 1.39 bits per heavy atom. The number of aliphatic carboxylic acids is 1. The third-order valence-electron chi connectivity index (χ3n) is 2.26. The standard InChI is InChI=1S/C8H17N3O6S/c1-5(2)8(9,7(13)14)11-10-6(12)3-4-18(15,16)17/h5,11H,3-4,9H2,1-2H3,(H,10,12)(H,13,14)(H,15,16,17). The summed E-state index contributed by atoms with van der Waals surface area (Å²) in [7, 11) is -4.24. The zero-order valence-corrected chi connectivity index (χ0v) is 10.8. The van der Waals surface area contributed by atoms with Crippen LogP contribution < -0.4 is 16.6 Å². The Kier molecular flexibility index (Phi) is 5.67. The highest BCUT2D eigenvalue weighted by atomic mass is 32.2. The number of hydrazine groups is 1. The van der Waals surface area contributed by atoms with Crippen molar-refractivity contribution in [1.29, 1.82) is 0 Å². The summed E-state index contributed by atoms with van der Waals surface area (Å²) >= 11 is 0. The van der Waals surface area contributed by atoms with E-state index in [1.807, 2.05) is 5.43 Å². The van der Waals surface area contributed by atoms with Gasteiger partial charge in [0.2, 0.25) is 5.91 Å². The molecule has 9 nitrogen and oxygen atoms in total. The summed E-state index contributed by atoms with van der Waals surface area (Å²) in [6.45, 7) is 3.07. The maximum Gasteiger partial charge on any atom is 0.340 e. The van der Waals surface area contributed by atoms with E-state index in [-0.39, 0.29) is 0 Å². The number of rotatable bonds is 7.